The van der Waals surface area contributed by atoms with E-state index in [9.17, 15) is 18.3 Å². The number of aromatic hydroxyl groups is 1. The van der Waals surface area contributed by atoms with E-state index in [-0.39, 0.29) is 6.42 Å². The smallest absolute Gasteiger partial charge is 0.389 e. The number of hydrogen-bond donors (Lipinski definition) is 1. The van der Waals surface area contributed by atoms with E-state index in [1.807, 2.05) is 12.1 Å². The van der Waals surface area contributed by atoms with E-state index >= 15 is 0 Å². The largest absolute Gasteiger partial charge is 0.508 e. The summed E-state index contributed by atoms with van der Waals surface area (Å²) in [5, 5.41) is 9.58. The molecule has 0 amide bonds. The Morgan fingerprint density at radius 3 is 1.95 bits per heavy atom. The number of hydrogen-bond acceptors (Lipinski definition) is 1. The van der Waals surface area contributed by atoms with Crippen molar-refractivity contribution in [2.75, 3.05) is 0 Å². The standard InChI is InChI=1S/C16H23F3O/c17-16(18,19)13-9-5-3-1-2-4-6-10-14-11-7-8-12-15(14)20/h7-8,11-12,20H,1-6,9-10,13H2. The van der Waals surface area contributed by atoms with Gasteiger partial charge >= 0.3 is 6.18 Å². The zero-order valence-electron chi connectivity index (χ0n) is 11.8. The van der Waals surface area contributed by atoms with Gasteiger partial charge in [0, 0.05) is 6.42 Å². The van der Waals surface area contributed by atoms with Gasteiger partial charge in [-0.2, -0.15) is 13.2 Å². The van der Waals surface area contributed by atoms with E-state index in [2.05, 4.69) is 0 Å². The number of halogens is 3. The molecular weight excluding hydrogens is 265 g/mol. The van der Waals surface area contributed by atoms with Crippen LogP contribution in [0.1, 0.15) is 56.9 Å². The zero-order chi connectivity index (χ0) is 14.8. The van der Waals surface area contributed by atoms with Crippen LogP contribution < -0.4 is 0 Å². The molecule has 0 saturated heterocycles. The average Bonchev–Trinajstić information content (AvgIpc) is 2.37. The zero-order valence-corrected chi connectivity index (χ0v) is 11.8. The van der Waals surface area contributed by atoms with Crippen LogP contribution in [0.5, 0.6) is 5.75 Å². The third-order valence-corrected chi connectivity index (χ3v) is 3.40. The van der Waals surface area contributed by atoms with Crippen LogP contribution in [0.3, 0.4) is 0 Å². The summed E-state index contributed by atoms with van der Waals surface area (Å²) in [7, 11) is 0. The first-order chi connectivity index (χ1) is 9.49. The van der Waals surface area contributed by atoms with E-state index in [4.69, 9.17) is 0 Å². The summed E-state index contributed by atoms with van der Waals surface area (Å²) in [4.78, 5) is 0. The first-order valence-electron chi connectivity index (χ1n) is 7.33. The molecule has 0 fully saturated rings. The van der Waals surface area contributed by atoms with Gasteiger partial charge in [0.2, 0.25) is 0 Å². The molecule has 0 aromatic heterocycles. The first-order valence-corrected chi connectivity index (χ1v) is 7.33. The Balaban J connectivity index is 1.94. The quantitative estimate of drug-likeness (QED) is 0.585. The second kappa shape index (κ2) is 8.88. The summed E-state index contributed by atoms with van der Waals surface area (Å²) < 4.78 is 35.7. The van der Waals surface area contributed by atoms with Crippen LogP contribution in [-0.4, -0.2) is 11.3 Å². The SMILES string of the molecule is Oc1ccccc1CCCCCCCCCC(F)(F)F. The normalized spacial score (nSPS) is 11.8. The molecule has 1 rings (SSSR count). The third kappa shape index (κ3) is 8.08. The van der Waals surface area contributed by atoms with Crippen LogP contribution in [0.2, 0.25) is 0 Å². The van der Waals surface area contributed by atoms with Crippen molar-refractivity contribution in [3.8, 4) is 5.75 Å². The summed E-state index contributed by atoms with van der Waals surface area (Å²) >= 11 is 0. The highest BCUT2D eigenvalue weighted by molar-refractivity contribution is 5.31. The Labute approximate surface area is 118 Å². The average molecular weight is 288 g/mol. The number of phenolic OH excluding ortho intramolecular Hbond substituents is 1. The minimum Gasteiger partial charge on any atom is -0.508 e. The maximum Gasteiger partial charge on any atom is 0.389 e. The minimum atomic E-state index is -4.00. The van der Waals surface area contributed by atoms with Crippen molar-refractivity contribution in [2.24, 2.45) is 0 Å². The molecule has 4 heteroatoms. The molecule has 0 aliphatic heterocycles. The number of unbranched alkanes of at least 4 members (excludes halogenated alkanes) is 6. The topological polar surface area (TPSA) is 20.2 Å². The molecule has 0 radical (unpaired) electrons. The van der Waals surface area contributed by atoms with Gasteiger partial charge in [0.05, 0.1) is 0 Å². The maximum absolute atomic E-state index is 11.9. The lowest BCUT2D eigenvalue weighted by Gasteiger charge is -2.06. The van der Waals surface area contributed by atoms with E-state index in [0.717, 1.165) is 44.1 Å². The van der Waals surface area contributed by atoms with Crippen molar-refractivity contribution < 1.29 is 18.3 Å². The van der Waals surface area contributed by atoms with Crippen molar-refractivity contribution in [3.05, 3.63) is 29.8 Å². The molecule has 0 saturated carbocycles. The van der Waals surface area contributed by atoms with Crippen LogP contribution in [-0.2, 0) is 6.42 Å². The second-order valence-corrected chi connectivity index (χ2v) is 5.22. The van der Waals surface area contributed by atoms with Crippen LogP contribution in [0.15, 0.2) is 24.3 Å². The Kier molecular flexibility index (Phi) is 7.48. The van der Waals surface area contributed by atoms with Crippen molar-refractivity contribution in [1.82, 2.24) is 0 Å². The van der Waals surface area contributed by atoms with E-state index in [1.165, 1.54) is 0 Å². The Bertz CT molecular complexity index is 374. The number of alkyl halides is 3. The minimum absolute atomic E-state index is 0.251. The van der Waals surface area contributed by atoms with Gasteiger partial charge in [-0.15, -0.1) is 0 Å². The first kappa shape index (κ1) is 16.9. The molecule has 0 aliphatic carbocycles. The molecule has 20 heavy (non-hydrogen) atoms. The number of rotatable bonds is 9. The predicted molar refractivity (Wildman–Crippen MR) is 74.8 cm³/mol. The molecule has 1 aromatic carbocycles. The number of benzene rings is 1. The second-order valence-electron chi connectivity index (χ2n) is 5.22. The number of para-hydroxylation sites is 1. The molecule has 0 heterocycles. The van der Waals surface area contributed by atoms with Crippen molar-refractivity contribution in [1.29, 1.82) is 0 Å². The lowest BCUT2D eigenvalue weighted by atomic mass is 10.0. The highest BCUT2D eigenvalue weighted by Gasteiger charge is 2.25. The Hall–Kier alpha value is -1.19. The molecule has 0 atom stereocenters. The molecule has 114 valence electrons. The van der Waals surface area contributed by atoms with Crippen molar-refractivity contribution in [3.63, 3.8) is 0 Å². The lowest BCUT2D eigenvalue weighted by Crippen LogP contribution is -2.06. The molecule has 0 spiro atoms. The van der Waals surface area contributed by atoms with Gasteiger partial charge in [0.25, 0.3) is 0 Å². The van der Waals surface area contributed by atoms with Crippen LogP contribution in [0.4, 0.5) is 13.2 Å². The van der Waals surface area contributed by atoms with E-state index in [1.54, 1.807) is 12.1 Å². The highest BCUT2D eigenvalue weighted by Crippen LogP contribution is 2.23. The van der Waals surface area contributed by atoms with Crippen molar-refractivity contribution >= 4 is 0 Å². The van der Waals surface area contributed by atoms with Crippen LogP contribution in [0.25, 0.3) is 0 Å². The highest BCUT2D eigenvalue weighted by atomic mass is 19.4. The van der Waals surface area contributed by atoms with Crippen molar-refractivity contribution in [2.45, 2.75) is 64.0 Å². The predicted octanol–water partition coefficient (Wildman–Crippen LogP) is 5.62. The van der Waals surface area contributed by atoms with E-state index in [0.29, 0.717) is 12.2 Å². The van der Waals surface area contributed by atoms with Crippen LogP contribution >= 0.6 is 0 Å². The monoisotopic (exact) mass is 288 g/mol. The van der Waals surface area contributed by atoms with Gasteiger partial charge in [-0.25, -0.2) is 0 Å². The van der Waals surface area contributed by atoms with Crippen LogP contribution in [0, 0.1) is 0 Å². The van der Waals surface area contributed by atoms with Gasteiger partial charge in [-0.1, -0.05) is 50.3 Å². The molecule has 0 bridgehead atoms. The lowest BCUT2D eigenvalue weighted by molar-refractivity contribution is -0.135. The fraction of sp³-hybridized carbons (Fsp3) is 0.625. The molecule has 1 aromatic rings. The summed E-state index contributed by atoms with van der Waals surface area (Å²) in [6.07, 6.45) is 2.14. The summed E-state index contributed by atoms with van der Waals surface area (Å²) in [5.41, 5.74) is 0.970. The summed E-state index contributed by atoms with van der Waals surface area (Å²) in [6.45, 7) is 0. The fourth-order valence-electron chi connectivity index (χ4n) is 2.25. The Morgan fingerprint density at radius 2 is 1.35 bits per heavy atom. The molecule has 1 nitrogen and oxygen atoms in total. The molecule has 0 aliphatic rings. The number of aryl methyl sites for hydroxylation is 1. The molecular formula is C16H23F3O. The fourth-order valence-corrected chi connectivity index (χ4v) is 2.25. The van der Waals surface area contributed by atoms with Gasteiger partial charge in [-0.05, 0) is 30.9 Å². The Morgan fingerprint density at radius 1 is 0.800 bits per heavy atom. The third-order valence-electron chi connectivity index (χ3n) is 3.40. The van der Waals surface area contributed by atoms with E-state index < -0.39 is 12.6 Å². The van der Waals surface area contributed by atoms with Gasteiger partial charge in [-0.3, -0.25) is 0 Å². The maximum atomic E-state index is 11.9. The summed E-state index contributed by atoms with van der Waals surface area (Å²) in [6, 6.07) is 7.33. The van der Waals surface area contributed by atoms with Gasteiger partial charge in [0.15, 0.2) is 0 Å². The summed E-state index contributed by atoms with van der Waals surface area (Å²) in [5.74, 6) is 0.347. The number of phenols is 1. The molecule has 1 N–H and O–H groups in total. The van der Waals surface area contributed by atoms with Gasteiger partial charge < -0.3 is 5.11 Å². The molecule has 0 unspecified atom stereocenters. The van der Waals surface area contributed by atoms with Gasteiger partial charge in [0.1, 0.15) is 5.75 Å².